The molecule has 1 nitrogen and oxygen atoms in total. The quantitative estimate of drug-likeness (QED) is 0.823. The van der Waals surface area contributed by atoms with Crippen molar-refractivity contribution in [1.29, 1.82) is 0 Å². The summed E-state index contributed by atoms with van der Waals surface area (Å²) < 4.78 is 0.797. The Bertz CT molecular complexity index is 258. The normalized spacial score (nSPS) is 10.2. The van der Waals surface area contributed by atoms with E-state index >= 15 is 0 Å². The van der Waals surface area contributed by atoms with Crippen LogP contribution in [0.25, 0.3) is 0 Å². The van der Waals surface area contributed by atoms with E-state index in [4.69, 9.17) is 0 Å². The molecule has 0 unspecified atom stereocenters. The van der Waals surface area contributed by atoms with Crippen molar-refractivity contribution in [2.75, 3.05) is 0 Å². The summed E-state index contributed by atoms with van der Waals surface area (Å²) in [4.78, 5) is 0. The predicted molar refractivity (Wildman–Crippen MR) is 54.5 cm³/mol. The van der Waals surface area contributed by atoms with Crippen molar-refractivity contribution in [1.82, 2.24) is 0 Å². The van der Waals surface area contributed by atoms with Crippen LogP contribution in [-0.4, -0.2) is 5.11 Å². The van der Waals surface area contributed by atoms with E-state index in [0.29, 0.717) is 5.75 Å². The molecule has 1 N–H and O–H groups in total. The average molecular weight is 229 g/mol. The van der Waals surface area contributed by atoms with E-state index in [0.717, 1.165) is 22.9 Å². The van der Waals surface area contributed by atoms with E-state index in [9.17, 15) is 5.11 Å². The third-order valence-electron chi connectivity index (χ3n) is 1.85. The number of benzene rings is 1. The zero-order chi connectivity index (χ0) is 9.14. The van der Waals surface area contributed by atoms with Crippen LogP contribution in [0.2, 0.25) is 0 Å². The molecule has 1 aromatic rings. The summed E-state index contributed by atoms with van der Waals surface area (Å²) in [6, 6.07) is 4.01. The summed E-state index contributed by atoms with van der Waals surface area (Å²) in [6.45, 7) is 4.06. The van der Waals surface area contributed by atoms with E-state index in [2.05, 4.69) is 22.9 Å². The Hall–Kier alpha value is -0.500. The Morgan fingerprint density at radius 2 is 2.08 bits per heavy atom. The van der Waals surface area contributed by atoms with E-state index in [-0.39, 0.29) is 0 Å². The molecule has 0 spiro atoms. The molecule has 2 heteroatoms. The topological polar surface area (TPSA) is 20.2 Å². The molecule has 0 aromatic heterocycles. The molecular weight excluding hydrogens is 216 g/mol. The highest BCUT2D eigenvalue weighted by Gasteiger charge is 2.03. The van der Waals surface area contributed by atoms with E-state index in [1.165, 1.54) is 5.56 Å². The predicted octanol–water partition coefficient (Wildman–Crippen LogP) is 3.42. The Kier molecular flexibility index (Phi) is 3.15. The molecule has 0 bridgehead atoms. The van der Waals surface area contributed by atoms with Gasteiger partial charge in [0, 0.05) is 0 Å². The van der Waals surface area contributed by atoms with Crippen molar-refractivity contribution in [3.63, 3.8) is 0 Å². The minimum absolute atomic E-state index is 0.356. The molecule has 1 rings (SSSR count). The number of aromatic hydroxyl groups is 1. The van der Waals surface area contributed by atoms with Gasteiger partial charge in [-0.1, -0.05) is 19.4 Å². The van der Waals surface area contributed by atoms with E-state index in [1.807, 2.05) is 19.1 Å². The molecule has 0 aliphatic rings. The first-order chi connectivity index (χ1) is 5.65. The molecule has 12 heavy (non-hydrogen) atoms. The van der Waals surface area contributed by atoms with Gasteiger partial charge < -0.3 is 5.11 Å². The number of aryl methyl sites for hydroxylation is 2. The lowest BCUT2D eigenvalue weighted by Crippen LogP contribution is -1.86. The summed E-state index contributed by atoms with van der Waals surface area (Å²) in [5.41, 5.74) is 2.22. The first-order valence-corrected chi connectivity index (χ1v) is 4.92. The molecule has 0 atom stereocenters. The molecule has 0 aliphatic heterocycles. The molecule has 0 aliphatic carbocycles. The zero-order valence-corrected chi connectivity index (χ0v) is 8.98. The minimum Gasteiger partial charge on any atom is -0.506 e. The highest BCUT2D eigenvalue weighted by Crippen LogP contribution is 2.29. The van der Waals surface area contributed by atoms with Gasteiger partial charge in [0.15, 0.2) is 0 Å². The Morgan fingerprint density at radius 3 is 2.58 bits per heavy atom. The van der Waals surface area contributed by atoms with Crippen molar-refractivity contribution in [2.45, 2.75) is 26.7 Å². The van der Waals surface area contributed by atoms with Gasteiger partial charge in [0.05, 0.1) is 4.47 Å². The third kappa shape index (κ3) is 2.01. The van der Waals surface area contributed by atoms with Crippen molar-refractivity contribution in [3.05, 3.63) is 27.7 Å². The van der Waals surface area contributed by atoms with Gasteiger partial charge >= 0.3 is 0 Å². The number of halogens is 1. The number of hydrogen-bond donors (Lipinski definition) is 1. The van der Waals surface area contributed by atoms with Crippen LogP contribution in [0.3, 0.4) is 0 Å². The van der Waals surface area contributed by atoms with Gasteiger partial charge in [-0.3, -0.25) is 0 Å². The maximum absolute atomic E-state index is 9.45. The standard InChI is InChI=1S/C10H13BrO/c1-3-4-8-5-7(2)10(12)9(11)6-8/h5-6,12H,3-4H2,1-2H3. The van der Waals surface area contributed by atoms with Crippen LogP contribution in [0, 0.1) is 6.92 Å². The second kappa shape index (κ2) is 3.94. The summed E-state index contributed by atoms with van der Waals surface area (Å²) in [5.74, 6) is 0.356. The molecule has 0 saturated carbocycles. The maximum Gasteiger partial charge on any atom is 0.132 e. The van der Waals surface area contributed by atoms with E-state index in [1.54, 1.807) is 0 Å². The monoisotopic (exact) mass is 228 g/mol. The maximum atomic E-state index is 9.45. The lowest BCUT2D eigenvalue weighted by atomic mass is 10.1. The fourth-order valence-electron chi connectivity index (χ4n) is 1.24. The summed E-state index contributed by atoms with van der Waals surface area (Å²) in [7, 11) is 0. The van der Waals surface area contributed by atoms with Gasteiger partial charge in [0.1, 0.15) is 5.75 Å². The second-order valence-electron chi connectivity index (χ2n) is 2.99. The highest BCUT2D eigenvalue weighted by atomic mass is 79.9. The third-order valence-corrected chi connectivity index (χ3v) is 2.46. The smallest absolute Gasteiger partial charge is 0.132 e. The lowest BCUT2D eigenvalue weighted by molar-refractivity contribution is 0.467. The Labute approximate surface area is 81.6 Å². The fraction of sp³-hybridized carbons (Fsp3) is 0.400. The van der Waals surface area contributed by atoms with Gasteiger partial charge in [0.25, 0.3) is 0 Å². The first kappa shape index (κ1) is 9.59. The van der Waals surface area contributed by atoms with E-state index < -0.39 is 0 Å². The SMILES string of the molecule is CCCc1cc(C)c(O)c(Br)c1. The highest BCUT2D eigenvalue weighted by molar-refractivity contribution is 9.10. The summed E-state index contributed by atoms with van der Waals surface area (Å²) in [6.07, 6.45) is 2.20. The Balaban J connectivity index is 3.04. The number of phenols is 1. The van der Waals surface area contributed by atoms with Gasteiger partial charge in [-0.15, -0.1) is 0 Å². The minimum atomic E-state index is 0.356. The van der Waals surface area contributed by atoms with Crippen LogP contribution in [-0.2, 0) is 6.42 Å². The molecule has 1 aromatic carbocycles. The van der Waals surface area contributed by atoms with Crippen LogP contribution in [0.5, 0.6) is 5.75 Å². The lowest BCUT2D eigenvalue weighted by Gasteiger charge is -2.05. The van der Waals surface area contributed by atoms with Crippen LogP contribution < -0.4 is 0 Å². The van der Waals surface area contributed by atoms with Gasteiger partial charge in [-0.05, 0) is 46.5 Å². The number of rotatable bonds is 2. The molecule has 66 valence electrons. The van der Waals surface area contributed by atoms with Crippen molar-refractivity contribution < 1.29 is 5.11 Å². The zero-order valence-electron chi connectivity index (χ0n) is 7.39. The first-order valence-electron chi connectivity index (χ1n) is 4.13. The van der Waals surface area contributed by atoms with Crippen LogP contribution in [0.15, 0.2) is 16.6 Å². The van der Waals surface area contributed by atoms with Crippen molar-refractivity contribution in [2.24, 2.45) is 0 Å². The van der Waals surface area contributed by atoms with Crippen LogP contribution >= 0.6 is 15.9 Å². The molecular formula is C10H13BrO. The Morgan fingerprint density at radius 1 is 1.42 bits per heavy atom. The number of hydrogen-bond acceptors (Lipinski definition) is 1. The summed E-state index contributed by atoms with van der Waals surface area (Å²) >= 11 is 3.32. The summed E-state index contributed by atoms with van der Waals surface area (Å²) in [5, 5.41) is 9.45. The largest absolute Gasteiger partial charge is 0.506 e. The van der Waals surface area contributed by atoms with Gasteiger partial charge in [-0.2, -0.15) is 0 Å². The molecule has 0 fully saturated rings. The number of phenolic OH excluding ortho intramolecular Hbond substituents is 1. The van der Waals surface area contributed by atoms with Crippen molar-refractivity contribution in [3.8, 4) is 5.75 Å². The fourth-order valence-corrected chi connectivity index (χ4v) is 1.85. The molecule has 0 saturated heterocycles. The van der Waals surface area contributed by atoms with Crippen molar-refractivity contribution >= 4 is 15.9 Å². The van der Waals surface area contributed by atoms with Gasteiger partial charge in [-0.25, -0.2) is 0 Å². The van der Waals surface area contributed by atoms with Gasteiger partial charge in [0.2, 0.25) is 0 Å². The molecule has 0 radical (unpaired) electrons. The molecule has 0 amide bonds. The van der Waals surface area contributed by atoms with Crippen LogP contribution in [0.4, 0.5) is 0 Å². The van der Waals surface area contributed by atoms with Crippen LogP contribution in [0.1, 0.15) is 24.5 Å². The second-order valence-corrected chi connectivity index (χ2v) is 3.85. The average Bonchev–Trinajstić information content (AvgIpc) is 2.01. The molecule has 0 heterocycles.